The Morgan fingerprint density at radius 1 is 0.550 bits per heavy atom. The van der Waals surface area contributed by atoms with E-state index < -0.39 is 12.2 Å². The summed E-state index contributed by atoms with van der Waals surface area (Å²) >= 11 is 0. The molecular weight excluding hydrogens is 757 g/mol. The van der Waals surface area contributed by atoms with Gasteiger partial charge >= 0.3 is 11.9 Å². The number of carbonyl (C=O) groups excluding carboxylic acids is 3. The molecule has 2 unspecified atom stereocenters. The molecule has 0 spiro atoms. The highest BCUT2D eigenvalue weighted by Gasteiger charge is 2.19. The Morgan fingerprint density at radius 3 is 1.48 bits per heavy atom. The van der Waals surface area contributed by atoms with Gasteiger partial charge in [-0.25, -0.2) is 0 Å². The zero-order valence-electron chi connectivity index (χ0n) is 39.8. The topological polar surface area (TPSA) is 121 Å². The van der Waals surface area contributed by atoms with Crippen LogP contribution in [0.4, 0.5) is 0 Å². The van der Waals surface area contributed by atoms with E-state index in [9.17, 15) is 14.4 Å². The largest absolute Gasteiger partial charge is 0.462 e. The van der Waals surface area contributed by atoms with Crippen LogP contribution in [0.15, 0.2) is 24.3 Å². The van der Waals surface area contributed by atoms with Gasteiger partial charge in [0.1, 0.15) is 19.3 Å². The first-order valence-electron chi connectivity index (χ1n) is 24.6. The quantitative estimate of drug-likeness (QED) is 0.0267. The monoisotopic (exact) mass is 851 g/mol. The summed E-state index contributed by atoms with van der Waals surface area (Å²) in [7, 11) is 0. The van der Waals surface area contributed by atoms with Gasteiger partial charge in [0.25, 0.3) is 0 Å². The van der Waals surface area contributed by atoms with Gasteiger partial charge in [0.05, 0.1) is 6.61 Å². The van der Waals surface area contributed by atoms with Gasteiger partial charge < -0.3 is 19.5 Å². The van der Waals surface area contributed by atoms with Crippen molar-refractivity contribution in [3.05, 3.63) is 24.3 Å². The molecule has 0 aliphatic carbocycles. The van der Waals surface area contributed by atoms with E-state index in [-0.39, 0.29) is 49.6 Å². The van der Waals surface area contributed by atoms with Gasteiger partial charge in [-0.1, -0.05) is 167 Å². The molecule has 0 saturated heterocycles. The lowest BCUT2D eigenvalue weighted by Gasteiger charge is -2.20. The third kappa shape index (κ3) is 43.8. The summed E-state index contributed by atoms with van der Waals surface area (Å²) in [5.41, 5.74) is 2.53. The van der Waals surface area contributed by atoms with E-state index in [1.807, 2.05) is 0 Å². The standard InChI is InChI=1S/C50H94N2O8/c1-7-9-11-13-15-17-19-21-23-25-27-29-31-33-35-37-47(53)57-43-46(44-59-52-58-42-40-51-49(55)45(3)56-41-39-50(4,5)6)60-48(54)38-36-34-32-30-28-26-24-22-20-18-16-14-12-10-8-2/h21-24,45-46,52H,7-20,25-44H2,1-6H3,(H,51,55)/b23-21-,24-22-. The van der Waals surface area contributed by atoms with Crippen LogP contribution in [0, 0.1) is 5.41 Å². The summed E-state index contributed by atoms with van der Waals surface area (Å²) in [4.78, 5) is 48.3. The van der Waals surface area contributed by atoms with Crippen LogP contribution in [0.2, 0.25) is 0 Å². The lowest BCUT2D eigenvalue weighted by atomic mass is 9.93. The van der Waals surface area contributed by atoms with E-state index in [2.05, 4.69) is 69.9 Å². The molecule has 10 heteroatoms. The van der Waals surface area contributed by atoms with Gasteiger partial charge in [-0.15, -0.1) is 0 Å². The first-order valence-corrected chi connectivity index (χ1v) is 24.6. The molecule has 0 aromatic heterocycles. The fourth-order valence-corrected chi connectivity index (χ4v) is 6.50. The smallest absolute Gasteiger partial charge is 0.306 e. The fraction of sp³-hybridized carbons (Fsp3) is 0.860. The molecule has 0 heterocycles. The van der Waals surface area contributed by atoms with Gasteiger partial charge in [0.2, 0.25) is 5.91 Å². The molecule has 352 valence electrons. The molecule has 2 atom stereocenters. The number of hydrogen-bond donors (Lipinski definition) is 2. The third-order valence-electron chi connectivity index (χ3n) is 10.5. The van der Waals surface area contributed by atoms with E-state index in [1.165, 1.54) is 103 Å². The molecule has 1 amide bonds. The van der Waals surface area contributed by atoms with Crippen LogP contribution in [0.3, 0.4) is 0 Å². The summed E-state index contributed by atoms with van der Waals surface area (Å²) in [5, 5.41) is 2.77. The number of allylic oxidation sites excluding steroid dienone is 4. The summed E-state index contributed by atoms with van der Waals surface area (Å²) in [6.07, 6.45) is 40.5. The van der Waals surface area contributed by atoms with Crippen molar-refractivity contribution < 1.29 is 38.3 Å². The summed E-state index contributed by atoms with van der Waals surface area (Å²) in [6, 6.07) is 0. The number of carbonyl (C=O) groups is 3. The number of ether oxygens (including phenoxy) is 3. The summed E-state index contributed by atoms with van der Waals surface area (Å²) < 4.78 is 16.8. The normalized spacial score (nSPS) is 13.0. The van der Waals surface area contributed by atoms with Crippen molar-refractivity contribution >= 4 is 17.8 Å². The minimum absolute atomic E-state index is 0.0657. The minimum Gasteiger partial charge on any atom is -0.462 e. The van der Waals surface area contributed by atoms with Crippen molar-refractivity contribution in [3.63, 3.8) is 0 Å². The Hall–Kier alpha value is -2.27. The highest BCUT2D eigenvalue weighted by molar-refractivity contribution is 5.80. The molecule has 10 nitrogen and oxygen atoms in total. The number of rotatable bonds is 44. The maximum atomic E-state index is 12.7. The van der Waals surface area contributed by atoms with Crippen molar-refractivity contribution in [3.8, 4) is 0 Å². The number of esters is 2. The molecule has 0 saturated carbocycles. The van der Waals surface area contributed by atoms with Crippen LogP contribution < -0.4 is 11.0 Å². The first-order chi connectivity index (χ1) is 29.1. The number of hydrogen-bond acceptors (Lipinski definition) is 9. The Balaban J connectivity index is 4.41. The fourth-order valence-electron chi connectivity index (χ4n) is 6.50. The second kappa shape index (κ2) is 43.4. The Labute approximate surface area is 368 Å². The Morgan fingerprint density at radius 2 is 1.00 bits per heavy atom. The van der Waals surface area contributed by atoms with Crippen LogP contribution in [-0.2, 0) is 38.3 Å². The Bertz CT molecular complexity index is 1040. The van der Waals surface area contributed by atoms with Crippen LogP contribution in [0.5, 0.6) is 0 Å². The van der Waals surface area contributed by atoms with E-state index in [0.717, 1.165) is 70.6 Å². The van der Waals surface area contributed by atoms with Crippen molar-refractivity contribution in [2.45, 2.75) is 240 Å². The SMILES string of the molecule is CCCCCCCC/C=C\CCCCCCCC(=O)OCC(CONOCCNC(=O)C(C)OCCC(C)(C)C)OC(=O)CCCCCCC/C=C\CCCCCCCC. The van der Waals surface area contributed by atoms with Crippen molar-refractivity contribution in [1.82, 2.24) is 11.0 Å². The van der Waals surface area contributed by atoms with Crippen LogP contribution in [-0.4, -0.2) is 63.0 Å². The second-order valence-corrected chi connectivity index (χ2v) is 17.8. The van der Waals surface area contributed by atoms with Gasteiger partial charge in [0.15, 0.2) is 6.10 Å². The molecule has 0 radical (unpaired) electrons. The van der Waals surface area contributed by atoms with E-state index in [0.29, 0.717) is 19.4 Å². The molecule has 0 aliphatic heterocycles. The maximum absolute atomic E-state index is 12.7. The molecule has 2 N–H and O–H groups in total. The van der Waals surface area contributed by atoms with E-state index >= 15 is 0 Å². The molecule has 0 aromatic rings. The van der Waals surface area contributed by atoms with Crippen LogP contribution in [0.1, 0.15) is 228 Å². The second-order valence-electron chi connectivity index (χ2n) is 17.8. The molecule has 0 fully saturated rings. The van der Waals surface area contributed by atoms with Gasteiger partial charge in [-0.05, 0) is 83.0 Å². The molecular formula is C50H94N2O8. The van der Waals surface area contributed by atoms with Gasteiger partial charge in [0, 0.05) is 26.0 Å². The predicted molar refractivity (Wildman–Crippen MR) is 247 cm³/mol. The predicted octanol–water partition coefficient (Wildman–Crippen LogP) is 12.9. The average molecular weight is 851 g/mol. The summed E-state index contributed by atoms with van der Waals surface area (Å²) in [6.45, 7) is 13.4. The molecule has 0 bridgehead atoms. The maximum Gasteiger partial charge on any atom is 0.306 e. The highest BCUT2D eigenvalue weighted by Crippen LogP contribution is 2.18. The Kier molecular flexibility index (Phi) is 41.7. The van der Waals surface area contributed by atoms with Crippen LogP contribution in [0.25, 0.3) is 0 Å². The highest BCUT2D eigenvalue weighted by atomic mass is 16.9. The van der Waals surface area contributed by atoms with Crippen molar-refractivity contribution in [1.29, 1.82) is 0 Å². The number of nitrogens with one attached hydrogen (secondary N) is 2. The number of unbranched alkanes of at least 4 members (excludes halogenated alkanes) is 22. The van der Waals surface area contributed by atoms with Gasteiger partial charge in [-0.2, -0.15) is 0 Å². The molecule has 0 aromatic carbocycles. The van der Waals surface area contributed by atoms with E-state index in [1.54, 1.807) is 6.92 Å². The van der Waals surface area contributed by atoms with Crippen molar-refractivity contribution in [2.24, 2.45) is 5.41 Å². The molecule has 0 aliphatic rings. The zero-order chi connectivity index (χ0) is 44.2. The first kappa shape index (κ1) is 57.7. The minimum atomic E-state index is -0.777. The molecule has 0 rings (SSSR count). The summed E-state index contributed by atoms with van der Waals surface area (Å²) in [5.74, 6) is -0.852. The average Bonchev–Trinajstić information content (AvgIpc) is 3.21. The molecule has 60 heavy (non-hydrogen) atoms. The number of amides is 1. The lowest BCUT2D eigenvalue weighted by molar-refractivity contribution is -0.197. The third-order valence-corrected chi connectivity index (χ3v) is 10.5. The van der Waals surface area contributed by atoms with Crippen molar-refractivity contribution in [2.75, 3.05) is 33.0 Å². The lowest BCUT2D eigenvalue weighted by Crippen LogP contribution is -2.38. The zero-order valence-corrected chi connectivity index (χ0v) is 39.8. The van der Waals surface area contributed by atoms with E-state index in [4.69, 9.17) is 23.9 Å². The van der Waals surface area contributed by atoms with Crippen LogP contribution >= 0.6 is 0 Å². The van der Waals surface area contributed by atoms with Gasteiger partial charge in [-0.3, -0.25) is 24.1 Å².